The quantitative estimate of drug-likeness (QED) is 0.728. The average molecular weight is 215 g/mol. The number of hydrogen-bond donors (Lipinski definition) is 0. The Labute approximate surface area is 84.2 Å². The van der Waals surface area contributed by atoms with Gasteiger partial charge < -0.3 is 4.57 Å². The summed E-state index contributed by atoms with van der Waals surface area (Å²) >= 11 is 7.18. The van der Waals surface area contributed by atoms with E-state index in [0.29, 0.717) is 5.15 Å². The Morgan fingerprint density at radius 3 is 2.69 bits per heavy atom. The fraction of sp³-hybridized carbons (Fsp3) is 0.286. The topological polar surface area (TPSA) is 43.6 Å². The molecule has 0 spiro atoms. The van der Waals surface area contributed by atoms with Crippen LogP contribution in [-0.4, -0.2) is 19.7 Å². The number of nitrogens with zero attached hydrogens (tertiary/aromatic N) is 4. The minimum absolute atomic E-state index is 0.501. The molecule has 0 aromatic carbocycles. The predicted molar refractivity (Wildman–Crippen MR) is 51.9 cm³/mol. The fourth-order valence-electron chi connectivity index (χ4n) is 0.950. The Bertz CT molecular complexity index is 433. The van der Waals surface area contributed by atoms with E-state index in [0.717, 1.165) is 16.7 Å². The van der Waals surface area contributed by atoms with Crippen LogP contribution in [0.5, 0.6) is 0 Å². The van der Waals surface area contributed by atoms with E-state index in [9.17, 15) is 0 Å². The zero-order chi connectivity index (χ0) is 9.42. The largest absolute Gasteiger partial charge is 0.312 e. The van der Waals surface area contributed by atoms with Crippen LogP contribution in [0.2, 0.25) is 5.15 Å². The molecule has 13 heavy (non-hydrogen) atoms. The van der Waals surface area contributed by atoms with E-state index in [1.54, 1.807) is 5.38 Å². The molecule has 6 heteroatoms. The van der Waals surface area contributed by atoms with Crippen molar-refractivity contribution in [2.45, 2.75) is 6.92 Å². The first kappa shape index (κ1) is 8.65. The first-order valence-electron chi connectivity index (χ1n) is 3.66. The van der Waals surface area contributed by atoms with Gasteiger partial charge in [-0.25, -0.2) is 4.98 Å². The third-order valence-corrected chi connectivity index (χ3v) is 2.92. The van der Waals surface area contributed by atoms with E-state index in [1.165, 1.54) is 11.3 Å². The van der Waals surface area contributed by atoms with Crippen LogP contribution in [0, 0.1) is 6.92 Å². The van der Waals surface area contributed by atoms with Gasteiger partial charge in [0.2, 0.25) is 0 Å². The van der Waals surface area contributed by atoms with E-state index < -0.39 is 0 Å². The predicted octanol–water partition coefficient (Wildman–Crippen LogP) is 1.90. The zero-order valence-electron chi connectivity index (χ0n) is 7.15. The van der Waals surface area contributed by atoms with Crippen LogP contribution in [0.25, 0.3) is 10.8 Å². The molecule has 0 N–H and O–H groups in total. The molecule has 0 unspecified atom stereocenters. The molecule has 0 bridgehead atoms. The highest BCUT2D eigenvalue weighted by molar-refractivity contribution is 7.13. The summed E-state index contributed by atoms with van der Waals surface area (Å²) in [5.74, 6) is 1.62. The number of aromatic nitrogens is 4. The van der Waals surface area contributed by atoms with E-state index in [4.69, 9.17) is 11.6 Å². The maximum absolute atomic E-state index is 5.71. The second-order valence-electron chi connectivity index (χ2n) is 2.61. The molecule has 0 aliphatic carbocycles. The van der Waals surface area contributed by atoms with Gasteiger partial charge in [-0.1, -0.05) is 11.6 Å². The van der Waals surface area contributed by atoms with E-state index in [-0.39, 0.29) is 0 Å². The lowest BCUT2D eigenvalue weighted by Gasteiger charge is -1.95. The lowest BCUT2D eigenvalue weighted by atomic mass is 10.6. The summed E-state index contributed by atoms with van der Waals surface area (Å²) in [6, 6.07) is 0. The lowest BCUT2D eigenvalue weighted by molar-refractivity contribution is 0.864. The van der Waals surface area contributed by atoms with Crippen molar-refractivity contribution in [1.29, 1.82) is 0 Å². The van der Waals surface area contributed by atoms with Crippen molar-refractivity contribution in [3.63, 3.8) is 0 Å². The average Bonchev–Trinajstić information content (AvgIpc) is 2.62. The van der Waals surface area contributed by atoms with Gasteiger partial charge in [-0.3, -0.25) is 0 Å². The fourth-order valence-corrected chi connectivity index (χ4v) is 1.91. The molecule has 0 fully saturated rings. The van der Waals surface area contributed by atoms with Crippen LogP contribution >= 0.6 is 22.9 Å². The Morgan fingerprint density at radius 2 is 2.23 bits per heavy atom. The van der Waals surface area contributed by atoms with Crippen LogP contribution in [-0.2, 0) is 7.05 Å². The summed E-state index contributed by atoms with van der Waals surface area (Å²) < 4.78 is 1.88. The molecule has 2 rings (SSSR count). The Kier molecular flexibility index (Phi) is 2.05. The van der Waals surface area contributed by atoms with Crippen molar-refractivity contribution < 1.29 is 0 Å². The number of rotatable bonds is 1. The molecule has 0 radical (unpaired) electrons. The standard InChI is InChI=1S/C7H7ClN4S/c1-4-10-11-6(12(4)2)7-9-5(8)3-13-7/h3H,1-2H3. The van der Waals surface area contributed by atoms with Crippen molar-refractivity contribution in [3.05, 3.63) is 16.4 Å². The molecule has 0 saturated heterocycles. The number of halogens is 1. The summed E-state index contributed by atoms with van der Waals surface area (Å²) in [7, 11) is 1.90. The van der Waals surface area contributed by atoms with Gasteiger partial charge in [-0.05, 0) is 6.92 Å². The van der Waals surface area contributed by atoms with Crippen molar-refractivity contribution >= 4 is 22.9 Å². The number of aryl methyl sites for hydroxylation is 1. The third-order valence-electron chi connectivity index (χ3n) is 1.76. The van der Waals surface area contributed by atoms with Crippen LogP contribution in [0.4, 0.5) is 0 Å². The van der Waals surface area contributed by atoms with Crippen molar-refractivity contribution in [2.75, 3.05) is 0 Å². The minimum Gasteiger partial charge on any atom is -0.312 e. The molecule has 2 heterocycles. The molecule has 2 aromatic heterocycles. The molecule has 0 atom stereocenters. The van der Waals surface area contributed by atoms with Gasteiger partial charge in [0, 0.05) is 12.4 Å². The molecule has 2 aromatic rings. The van der Waals surface area contributed by atoms with Gasteiger partial charge in [0.15, 0.2) is 10.8 Å². The van der Waals surface area contributed by atoms with Crippen LogP contribution in [0.3, 0.4) is 0 Å². The molecule has 4 nitrogen and oxygen atoms in total. The molecular formula is C7H7ClN4S. The monoisotopic (exact) mass is 214 g/mol. The molecule has 0 saturated carbocycles. The molecule has 68 valence electrons. The van der Waals surface area contributed by atoms with E-state index >= 15 is 0 Å². The van der Waals surface area contributed by atoms with E-state index in [1.807, 2.05) is 18.5 Å². The summed E-state index contributed by atoms with van der Waals surface area (Å²) in [6.07, 6.45) is 0. The van der Waals surface area contributed by atoms with Crippen molar-refractivity contribution in [1.82, 2.24) is 19.7 Å². The molecule has 0 aliphatic heterocycles. The van der Waals surface area contributed by atoms with Crippen molar-refractivity contribution in [3.8, 4) is 10.8 Å². The highest BCUT2D eigenvalue weighted by atomic mass is 35.5. The highest BCUT2D eigenvalue weighted by Crippen LogP contribution is 2.23. The summed E-state index contributed by atoms with van der Waals surface area (Å²) in [5.41, 5.74) is 0. The van der Waals surface area contributed by atoms with Gasteiger partial charge in [-0.2, -0.15) is 0 Å². The second kappa shape index (κ2) is 3.08. The summed E-state index contributed by atoms with van der Waals surface area (Å²) in [5, 5.41) is 11.0. The summed E-state index contributed by atoms with van der Waals surface area (Å²) in [6.45, 7) is 1.89. The normalized spacial score (nSPS) is 10.7. The molecule has 0 aliphatic rings. The van der Waals surface area contributed by atoms with Gasteiger partial charge in [0.1, 0.15) is 11.0 Å². The third kappa shape index (κ3) is 1.45. The van der Waals surface area contributed by atoms with Crippen LogP contribution < -0.4 is 0 Å². The first-order valence-corrected chi connectivity index (χ1v) is 4.91. The van der Waals surface area contributed by atoms with E-state index in [2.05, 4.69) is 15.2 Å². The Morgan fingerprint density at radius 1 is 1.46 bits per heavy atom. The maximum atomic E-state index is 5.71. The number of thiazole rings is 1. The van der Waals surface area contributed by atoms with Gasteiger partial charge in [0.25, 0.3) is 0 Å². The Balaban J connectivity index is 2.52. The molecule has 0 amide bonds. The zero-order valence-corrected chi connectivity index (χ0v) is 8.72. The van der Waals surface area contributed by atoms with Crippen LogP contribution in [0.15, 0.2) is 5.38 Å². The minimum atomic E-state index is 0.501. The second-order valence-corrected chi connectivity index (χ2v) is 3.85. The maximum Gasteiger partial charge on any atom is 0.192 e. The number of hydrogen-bond acceptors (Lipinski definition) is 4. The van der Waals surface area contributed by atoms with Crippen molar-refractivity contribution in [2.24, 2.45) is 7.05 Å². The van der Waals surface area contributed by atoms with Gasteiger partial charge >= 0.3 is 0 Å². The summed E-state index contributed by atoms with van der Waals surface area (Å²) in [4.78, 5) is 4.12. The first-order chi connectivity index (χ1) is 6.18. The van der Waals surface area contributed by atoms with Gasteiger partial charge in [-0.15, -0.1) is 21.5 Å². The van der Waals surface area contributed by atoms with Crippen LogP contribution in [0.1, 0.15) is 5.82 Å². The molecular weight excluding hydrogens is 208 g/mol. The van der Waals surface area contributed by atoms with Gasteiger partial charge in [0.05, 0.1) is 0 Å². The lowest BCUT2D eigenvalue weighted by Crippen LogP contribution is -1.94. The SMILES string of the molecule is Cc1nnc(-c2nc(Cl)cs2)n1C. The smallest absolute Gasteiger partial charge is 0.192 e. The Hall–Kier alpha value is -0.940. The highest BCUT2D eigenvalue weighted by Gasteiger charge is 2.10.